The lowest BCUT2D eigenvalue weighted by Gasteiger charge is -2.13. The summed E-state index contributed by atoms with van der Waals surface area (Å²) < 4.78 is 23.6. The molecule has 0 aliphatic rings. The van der Waals surface area contributed by atoms with Crippen molar-refractivity contribution >= 4 is 10.0 Å². The van der Waals surface area contributed by atoms with Crippen LogP contribution in [0, 0.1) is 0 Å². The minimum absolute atomic E-state index is 0.0356. The van der Waals surface area contributed by atoms with Gasteiger partial charge in [-0.05, 0) is 6.42 Å². The molecule has 0 aromatic carbocycles. The highest BCUT2D eigenvalue weighted by Gasteiger charge is 2.14. The smallest absolute Gasteiger partial charge is 0.213 e. The lowest BCUT2D eigenvalue weighted by atomic mass is 10.5. The van der Waals surface area contributed by atoms with Crippen molar-refractivity contribution in [3.8, 4) is 0 Å². The molecule has 0 saturated heterocycles. The van der Waals surface area contributed by atoms with Gasteiger partial charge in [0.25, 0.3) is 0 Å². The van der Waals surface area contributed by atoms with E-state index in [-0.39, 0.29) is 12.4 Å². The lowest BCUT2D eigenvalue weighted by Crippen LogP contribution is -2.29. The monoisotopic (exact) mass is 181 g/mol. The molecule has 0 rings (SSSR count). The highest BCUT2D eigenvalue weighted by Crippen LogP contribution is 1.98. The summed E-state index contributed by atoms with van der Waals surface area (Å²) in [6.45, 7) is 2.18. The second-order valence-corrected chi connectivity index (χ2v) is 4.50. The molecule has 0 aromatic heterocycles. The molecule has 68 valence electrons. The van der Waals surface area contributed by atoms with Crippen LogP contribution in [0.4, 0.5) is 0 Å². The summed E-state index contributed by atoms with van der Waals surface area (Å²) in [4.78, 5) is 0. The van der Waals surface area contributed by atoms with E-state index in [1.54, 1.807) is 6.92 Å². The molecule has 0 amide bonds. The predicted octanol–water partition coefficient (Wildman–Crippen LogP) is -0.350. The Labute approximate surface area is 67.9 Å². The number of aliphatic hydroxyl groups excluding tert-OH is 1. The molecule has 5 heteroatoms. The van der Waals surface area contributed by atoms with Crippen LogP contribution in [0.3, 0.4) is 0 Å². The minimum Gasteiger partial charge on any atom is -0.396 e. The van der Waals surface area contributed by atoms with E-state index in [0.717, 1.165) is 0 Å². The Hall–Kier alpha value is -0.130. The zero-order valence-electron chi connectivity index (χ0n) is 6.95. The normalized spacial score (nSPS) is 12.4. The van der Waals surface area contributed by atoms with Crippen LogP contribution in [0.5, 0.6) is 0 Å². The van der Waals surface area contributed by atoms with Crippen molar-refractivity contribution in [1.29, 1.82) is 0 Å². The topological polar surface area (TPSA) is 57.6 Å². The summed E-state index contributed by atoms with van der Waals surface area (Å²) in [5.41, 5.74) is 0. The number of aliphatic hydroxyl groups is 1. The summed E-state index contributed by atoms with van der Waals surface area (Å²) in [5, 5.41) is 8.40. The maximum Gasteiger partial charge on any atom is 0.213 e. The first-order valence-electron chi connectivity index (χ1n) is 3.59. The van der Waals surface area contributed by atoms with Crippen LogP contribution in [-0.4, -0.2) is 43.8 Å². The highest BCUT2D eigenvalue weighted by molar-refractivity contribution is 7.89. The molecule has 0 aromatic rings. The van der Waals surface area contributed by atoms with Gasteiger partial charge in [-0.25, -0.2) is 12.7 Å². The van der Waals surface area contributed by atoms with Crippen LogP contribution in [-0.2, 0) is 10.0 Å². The average Bonchev–Trinajstić information content (AvgIpc) is 1.99. The fourth-order valence-corrected chi connectivity index (χ4v) is 1.80. The zero-order valence-corrected chi connectivity index (χ0v) is 7.76. The predicted molar refractivity (Wildman–Crippen MR) is 43.8 cm³/mol. The van der Waals surface area contributed by atoms with Crippen LogP contribution in [0.2, 0.25) is 0 Å². The van der Waals surface area contributed by atoms with Gasteiger partial charge >= 0.3 is 0 Å². The fraction of sp³-hybridized carbons (Fsp3) is 1.00. The molecular formula is C6H15NO3S. The molecule has 0 bridgehead atoms. The molecule has 11 heavy (non-hydrogen) atoms. The SMILES string of the molecule is CCN(C)S(=O)(=O)CCCO. The third kappa shape index (κ3) is 3.69. The summed E-state index contributed by atoms with van der Waals surface area (Å²) in [7, 11) is -1.56. The van der Waals surface area contributed by atoms with Crippen LogP contribution < -0.4 is 0 Å². The van der Waals surface area contributed by atoms with Gasteiger partial charge in [-0.1, -0.05) is 6.92 Å². The number of hydrogen-bond donors (Lipinski definition) is 1. The van der Waals surface area contributed by atoms with Crippen molar-refractivity contribution in [2.75, 3.05) is 26.0 Å². The van der Waals surface area contributed by atoms with Gasteiger partial charge in [0.05, 0.1) is 5.75 Å². The molecule has 0 aliphatic heterocycles. The number of rotatable bonds is 5. The molecule has 0 heterocycles. The Bertz CT molecular complexity index is 188. The van der Waals surface area contributed by atoms with Crippen molar-refractivity contribution in [1.82, 2.24) is 4.31 Å². The Morgan fingerprint density at radius 1 is 1.45 bits per heavy atom. The van der Waals surface area contributed by atoms with Gasteiger partial charge in [-0.3, -0.25) is 0 Å². The second-order valence-electron chi connectivity index (χ2n) is 2.31. The van der Waals surface area contributed by atoms with Crippen LogP contribution in [0.15, 0.2) is 0 Å². The Morgan fingerprint density at radius 3 is 2.36 bits per heavy atom. The van der Waals surface area contributed by atoms with Crippen molar-refractivity contribution < 1.29 is 13.5 Å². The van der Waals surface area contributed by atoms with Gasteiger partial charge in [0.2, 0.25) is 10.0 Å². The first-order valence-corrected chi connectivity index (χ1v) is 5.20. The zero-order chi connectivity index (χ0) is 8.91. The molecule has 0 spiro atoms. The molecule has 1 N–H and O–H groups in total. The summed E-state index contributed by atoms with van der Waals surface area (Å²) >= 11 is 0. The standard InChI is InChI=1S/C6H15NO3S/c1-3-7(2)11(9,10)6-4-5-8/h8H,3-6H2,1-2H3. The number of sulfonamides is 1. The van der Waals surface area contributed by atoms with E-state index in [4.69, 9.17) is 5.11 Å². The molecule has 0 saturated carbocycles. The van der Waals surface area contributed by atoms with E-state index in [2.05, 4.69) is 0 Å². The molecule has 4 nitrogen and oxygen atoms in total. The van der Waals surface area contributed by atoms with Crippen molar-refractivity contribution in [2.24, 2.45) is 0 Å². The highest BCUT2D eigenvalue weighted by atomic mass is 32.2. The van der Waals surface area contributed by atoms with Crippen LogP contribution in [0.1, 0.15) is 13.3 Å². The molecule has 0 atom stereocenters. The second kappa shape index (κ2) is 4.69. The maximum atomic E-state index is 11.1. The van der Waals surface area contributed by atoms with E-state index >= 15 is 0 Å². The first kappa shape index (κ1) is 10.9. The first-order chi connectivity index (χ1) is 5.04. The van der Waals surface area contributed by atoms with Crippen LogP contribution >= 0.6 is 0 Å². The molecule has 0 unspecified atom stereocenters. The van der Waals surface area contributed by atoms with E-state index < -0.39 is 10.0 Å². The van der Waals surface area contributed by atoms with Crippen molar-refractivity contribution in [2.45, 2.75) is 13.3 Å². The van der Waals surface area contributed by atoms with Gasteiger partial charge in [0, 0.05) is 20.2 Å². The summed E-state index contributed by atoms with van der Waals surface area (Å²) in [6, 6.07) is 0. The quantitative estimate of drug-likeness (QED) is 0.630. The Kier molecular flexibility index (Phi) is 4.63. The van der Waals surface area contributed by atoms with Crippen molar-refractivity contribution in [3.05, 3.63) is 0 Å². The van der Waals surface area contributed by atoms with Gasteiger partial charge in [0.15, 0.2) is 0 Å². The molecule has 0 aliphatic carbocycles. The lowest BCUT2D eigenvalue weighted by molar-refractivity contribution is 0.294. The van der Waals surface area contributed by atoms with E-state index in [0.29, 0.717) is 13.0 Å². The van der Waals surface area contributed by atoms with E-state index in [1.165, 1.54) is 11.4 Å². The number of nitrogens with zero attached hydrogens (tertiary/aromatic N) is 1. The molecule has 0 radical (unpaired) electrons. The molecular weight excluding hydrogens is 166 g/mol. The summed E-state index contributed by atoms with van der Waals surface area (Å²) in [5.74, 6) is 0.0356. The third-order valence-corrected chi connectivity index (χ3v) is 3.49. The Morgan fingerprint density at radius 2 is 2.00 bits per heavy atom. The summed E-state index contributed by atoms with van der Waals surface area (Å²) in [6.07, 6.45) is 0.312. The third-order valence-electron chi connectivity index (χ3n) is 1.48. The largest absolute Gasteiger partial charge is 0.396 e. The average molecular weight is 181 g/mol. The number of hydrogen-bond acceptors (Lipinski definition) is 3. The maximum absolute atomic E-state index is 11.1. The minimum atomic E-state index is -3.10. The van der Waals surface area contributed by atoms with E-state index in [1.807, 2.05) is 0 Å². The molecule has 0 fully saturated rings. The van der Waals surface area contributed by atoms with Crippen LogP contribution in [0.25, 0.3) is 0 Å². The Balaban J connectivity index is 4.01. The van der Waals surface area contributed by atoms with Gasteiger partial charge in [-0.15, -0.1) is 0 Å². The van der Waals surface area contributed by atoms with Gasteiger partial charge < -0.3 is 5.11 Å². The van der Waals surface area contributed by atoms with Gasteiger partial charge in [0.1, 0.15) is 0 Å². The van der Waals surface area contributed by atoms with Gasteiger partial charge in [-0.2, -0.15) is 0 Å². The van der Waals surface area contributed by atoms with E-state index in [9.17, 15) is 8.42 Å². The fourth-order valence-electron chi connectivity index (χ4n) is 0.599. The van der Waals surface area contributed by atoms with Crippen molar-refractivity contribution in [3.63, 3.8) is 0 Å².